The summed E-state index contributed by atoms with van der Waals surface area (Å²) in [6.45, 7) is 3.22. The normalized spacial score (nSPS) is 12.5. The molecule has 4 N–H and O–H groups in total. The molecule has 0 radical (unpaired) electrons. The van der Waals surface area contributed by atoms with E-state index in [0.717, 1.165) is 15.4 Å². The van der Waals surface area contributed by atoms with Crippen molar-refractivity contribution in [1.82, 2.24) is 4.90 Å². The van der Waals surface area contributed by atoms with Crippen molar-refractivity contribution in [2.24, 2.45) is 0 Å². The van der Waals surface area contributed by atoms with Gasteiger partial charge in [0.15, 0.2) is 12.6 Å². The first kappa shape index (κ1) is 39.4. The van der Waals surface area contributed by atoms with Gasteiger partial charge in [0.1, 0.15) is 13.3 Å². The molecule has 0 aliphatic rings. The number of sulfone groups is 1. The van der Waals surface area contributed by atoms with Crippen LogP contribution < -0.4 is 0 Å². The number of aliphatic hydroxyl groups excluding tert-OH is 2. The quantitative estimate of drug-likeness (QED) is 0.111. The number of rotatable bonds is 11. The Morgan fingerprint density at radius 3 is 1.57 bits per heavy atom. The second-order valence-electron chi connectivity index (χ2n) is 10.2. The van der Waals surface area contributed by atoms with Gasteiger partial charge in [-0.3, -0.25) is 0 Å². The van der Waals surface area contributed by atoms with Gasteiger partial charge >= 0.3 is 21.1 Å². The molecule has 2 atom stereocenters. The standard InChI is InChI=1S/C14H14O4S.C14H14O2S.C5H13NO2P2/c15-14(16)10-11-6-4-5-9-13(11)19(17,18)12-7-2-1-3-8-12;15-14(16)10-11-6-4-5-9-13(11)17-12-7-2-1-3-8-12;1-6(2)5(9(3)7)10(4)8/h1-9,14-16H,10H2;1-9,14-16H,10H2;5H,1-4H3/q;;+2. The summed E-state index contributed by atoms with van der Waals surface area (Å²) in [6, 6.07) is 32.2. The summed E-state index contributed by atoms with van der Waals surface area (Å²) in [5.74, 6) is 0. The van der Waals surface area contributed by atoms with Gasteiger partial charge < -0.3 is 20.4 Å². The summed E-state index contributed by atoms with van der Waals surface area (Å²) in [6.07, 6.45) is -2.74. The highest BCUT2D eigenvalue weighted by Gasteiger charge is 2.42. The fraction of sp³-hybridized carbons (Fsp3) is 0.273. The molecule has 0 saturated heterocycles. The molecular formula is C33H41NO8P2S2+2. The molecule has 0 bridgehead atoms. The van der Waals surface area contributed by atoms with Crippen LogP contribution in [0.4, 0.5) is 0 Å². The van der Waals surface area contributed by atoms with Gasteiger partial charge in [-0.15, -0.1) is 0 Å². The van der Waals surface area contributed by atoms with Gasteiger partial charge in [-0.2, -0.15) is 0 Å². The maximum Gasteiger partial charge on any atom is 0.407 e. The summed E-state index contributed by atoms with van der Waals surface area (Å²) in [5.41, 5.74) is 1.09. The van der Waals surface area contributed by atoms with Crippen LogP contribution >= 0.6 is 27.4 Å². The highest BCUT2D eigenvalue weighted by atomic mass is 32.2. The van der Waals surface area contributed by atoms with Crippen LogP contribution in [0.1, 0.15) is 11.1 Å². The van der Waals surface area contributed by atoms with Crippen molar-refractivity contribution in [3.05, 3.63) is 120 Å². The van der Waals surface area contributed by atoms with E-state index >= 15 is 0 Å². The fourth-order valence-electron chi connectivity index (χ4n) is 4.32. The lowest BCUT2D eigenvalue weighted by molar-refractivity contribution is -0.0392. The van der Waals surface area contributed by atoms with E-state index in [4.69, 9.17) is 20.4 Å². The largest absolute Gasteiger partial charge is 0.407 e. The van der Waals surface area contributed by atoms with E-state index in [-0.39, 0.29) is 28.2 Å². The Kier molecular flexibility index (Phi) is 16.9. The summed E-state index contributed by atoms with van der Waals surface area (Å²) in [7, 11) is -2.76. The van der Waals surface area contributed by atoms with Gasteiger partial charge in [-0.1, -0.05) is 93.7 Å². The van der Waals surface area contributed by atoms with Gasteiger partial charge in [-0.05, 0) is 61.6 Å². The number of nitrogens with zero attached hydrogens (tertiary/aromatic N) is 1. The molecule has 246 valence electrons. The van der Waals surface area contributed by atoms with Gasteiger partial charge in [0, 0.05) is 22.6 Å². The Balaban J connectivity index is 0.000000252. The first-order chi connectivity index (χ1) is 21.7. The zero-order chi connectivity index (χ0) is 34.3. The molecule has 0 fully saturated rings. The summed E-state index contributed by atoms with van der Waals surface area (Å²) >= 11 is 1.63. The van der Waals surface area contributed by atoms with E-state index in [2.05, 4.69) is 0 Å². The lowest BCUT2D eigenvalue weighted by Crippen LogP contribution is -2.20. The molecule has 4 aromatic rings. The topological polar surface area (TPSA) is 152 Å². The third-order valence-corrected chi connectivity index (χ3v) is 13.3. The second-order valence-corrected chi connectivity index (χ2v) is 16.8. The lowest BCUT2D eigenvalue weighted by atomic mass is 10.1. The maximum atomic E-state index is 12.5. The van der Waals surface area contributed by atoms with Crippen LogP contribution in [-0.2, 0) is 31.8 Å². The van der Waals surface area contributed by atoms with Crippen molar-refractivity contribution in [3.63, 3.8) is 0 Å². The molecule has 13 heteroatoms. The molecule has 9 nitrogen and oxygen atoms in total. The summed E-state index contributed by atoms with van der Waals surface area (Å²) in [4.78, 5) is 4.25. The van der Waals surface area contributed by atoms with Gasteiger partial charge in [0.25, 0.3) is 0 Å². The van der Waals surface area contributed by atoms with E-state index in [9.17, 15) is 17.5 Å². The second kappa shape index (κ2) is 19.8. The minimum absolute atomic E-state index is 0.106. The van der Waals surface area contributed by atoms with Crippen LogP contribution in [0, 0.1) is 0 Å². The van der Waals surface area contributed by atoms with Gasteiger partial charge in [0.2, 0.25) is 9.84 Å². The van der Waals surface area contributed by atoms with E-state index in [1.54, 1.807) is 80.5 Å². The monoisotopic (exact) mass is 705 g/mol. The van der Waals surface area contributed by atoms with Crippen molar-refractivity contribution < 1.29 is 38.0 Å². The first-order valence-electron chi connectivity index (χ1n) is 14.1. The highest BCUT2D eigenvalue weighted by Crippen LogP contribution is 2.41. The number of aliphatic hydroxyl groups is 4. The highest BCUT2D eigenvalue weighted by molar-refractivity contribution is 7.99. The lowest BCUT2D eigenvalue weighted by Gasteiger charge is -2.11. The van der Waals surface area contributed by atoms with E-state index in [0.29, 0.717) is 5.56 Å². The first-order valence-corrected chi connectivity index (χ1v) is 20.0. The third-order valence-electron chi connectivity index (χ3n) is 6.18. The molecule has 0 saturated carbocycles. The molecule has 0 aromatic heterocycles. The van der Waals surface area contributed by atoms with Crippen molar-refractivity contribution >= 4 is 37.2 Å². The summed E-state index contributed by atoms with van der Waals surface area (Å²) in [5, 5.41) is 36.1. The molecule has 2 unspecified atom stereocenters. The van der Waals surface area contributed by atoms with Crippen LogP contribution in [0.5, 0.6) is 0 Å². The maximum absolute atomic E-state index is 12.5. The van der Waals surface area contributed by atoms with Crippen molar-refractivity contribution in [3.8, 4) is 0 Å². The number of benzene rings is 4. The van der Waals surface area contributed by atoms with Crippen LogP contribution in [0.15, 0.2) is 129 Å². The van der Waals surface area contributed by atoms with Gasteiger partial charge in [0.05, 0.1) is 9.79 Å². The Morgan fingerprint density at radius 1 is 0.652 bits per heavy atom. The molecular weight excluding hydrogens is 664 g/mol. The Morgan fingerprint density at radius 2 is 1.09 bits per heavy atom. The van der Waals surface area contributed by atoms with E-state index in [1.807, 2.05) is 54.6 Å². The van der Waals surface area contributed by atoms with E-state index in [1.165, 1.54) is 18.2 Å². The molecule has 0 spiro atoms. The smallest absolute Gasteiger partial charge is 0.368 e. The zero-order valence-corrected chi connectivity index (χ0v) is 29.5. The van der Waals surface area contributed by atoms with Crippen molar-refractivity contribution in [1.29, 1.82) is 0 Å². The van der Waals surface area contributed by atoms with Crippen molar-refractivity contribution in [2.45, 2.75) is 50.5 Å². The molecule has 0 aliphatic carbocycles. The van der Waals surface area contributed by atoms with Crippen LogP contribution in [-0.4, -0.2) is 79.3 Å². The third kappa shape index (κ3) is 13.1. The predicted molar refractivity (Wildman–Crippen MR) is 184 cm³/mol. The molecule has 4 rings (SSSR count). The Bertz CT molecular complexity index is 1620. The average molecular weight is 706 g/mol. The van der Waals surface area contributed by atoms with Crippen LogP contribution in [0.2, 0.25) is 0 Å². The Hall–Kier alpha value is -2.82. The number of hydrogen-bond donors (Lipinski definition) is 4. The fourth-order valence-corrected chi connectivity index (χ4v) is 9.95. The molecule has 46 heavy (non-hydrogen) atoms. The number of hydrogen-bond acceptors (Lipinski definition) is 10. The molecule has 0 heterocycles. The van der Waals surface area contributed by atoms with Crippen LogP contribution in [0.3, 0.4) is 0 Å². The minimum atomic E-state index is -3.64. The molecule has 0 aliphatic heterocycles. The zero-order valence-electron chi connectivity index (χ0n) is 26.1. The summed E-state index contributed by atoms with van der Waals surface area (Å²) < 4.78 is 46.8. The van der Waals surface area contributed by atoms with E-state index < -0.39 is 38.0 Å². The molecule has 4 aromatic carbocycles. The molecule has 0 amide bonds. The van der Waals surface area contributed by atoms with Crippen molar-refractivity contribution in [2.75, 3.05) is 27.4 Å². The van der Waals surface area contributed by atoms with Gasteiger partial charge in [-0.25, -0.2) is 13.3 Å². The SMILES string of the molecule is CN(C)C([P+](C)=O)[P+](C)=O.O=S(=O)(c1ccccc1)c1ccccc1CC(O)O.OC(O)Cc1ccccc1Sc1ccccc1. The predicted octanol–water partition coefficient (Wildman–Crippen LogP) is 5.81. The average Bonchev–Trinajstić information content (AvgIpc) is 2.99. The Labute approximate surface area is 277 Å². The minimum Gasteiger partial charge on any atom is -0.368 e. The van der Waals surface area contributed by atoms with Crippen LogP contribution in [0.25, 0.3) is 0 Å².